The van der Waals surface area contributed by atoms with Gasteiger partial charge in [0.15, 0.2) is 0 Å². The van der Waals surface area contributed by atoms with E-state index >= 15 is 0 Å². The Bertz CT molecular complexity index is 1190. The predicted octanol–water partition coefficient (Wildman–Crippen LogP) is 1.44. The number of nitrogens with zero attached hydrogens (tertiary/aromatic N) is 3. The fourth-order valence-electron chi connectivity index (χ4n) is 3.12. The van der Waals surface area contributed by atoms with Crippen molar-refractivity contribution in [3.63, 3.8) is 0 Å². The van der Waals surface area contributed by atoms with E-state index in [-0.39, 0.29) is 22.8 Å². The van der Waals surface area contributed by atoms with Crippen LogP contribution >= 0.6 is 0 Å². The molecule has 2 aromatic heterocycles. The molecule has 0 radical (unpaired) electrons. The van der Waals surface area contributed by atoms with Crippen molar-refractivity contribution in [2.75, 3.05) is 7.11 Å². The third kappa shape index (κ3) is 3.28. The highest BCUT2D eigenvalue weighted by atomic mass is 16.5. The van der Waals surface area contributed by atoms with Gasteiger partial charge in [-0.05, 0) is 32.0 Å². The van der Waals surface area contributed by atoms with Gasteiger partial charge in [0, 0.05) is 19.7 Å². The van der Waals surface area contributed by atoms with Crippen LogP contribution in [0.5, 0.6) is 5.75 Å². The molecule has 0 aliphatic carbocycles. The first-order chi connectivity index (χ1) is 13.2. The van der Waals surface area contributed by atoms with Crippen LogP contribution < -0.4 is 21.3 Å². The molecule has 8 heteroatoms. The van der Waals surface area contributed by atoms with E-state index in [1.165, 1.54) is 30.8 Å². The molecule has 1 atom stereocenters. The number of methoxy groups -OCH3 is 1. The smallest absolute Gasteiger partial charge is 0.332 e. The number of nitrogens with one attached hydrogen (secondary N) is 1. The lowest BCUT2D eigenvalue weighted by Crippen LogP contribution is -2.37. The number of fused-ring (bicyclic) bond motifs is 1. The molecule has 28 heavy (non-hydrogen) atoms. The maximum absolute atomic E-state index is 12.7. The Morgan fingerprint density at radius 3 is 2.54 bits per heavy atom. The average Bonchev–Trinajstić information content (AvgIpc) is 2.70. The summed E-state index contributed by atoms with van der Waals surface area (Å²) in [5.74, 6) is 0.266. The Labute approximate surface area is 161 Å². The van der Waals surface area contributed by atoms with Gasteiger partial charge in [0.05, 0.1) is 18.5 Å². The third-order valence-electron chi connectivity index (χ3n) is 4.73. The quantitative estimate of drug-likeness (QED) is 0.737. The molecule has 0 bridgehead atoms. The Kier molecular flexibility index (Phi) is 5.04. The number of hydrogen-bond donors (Lipinski definition) is 1. The van der Waals surface area contributed by atoms with Crippen LogP contribution in [0.1, 0.15) is 34.6 Å². The van der Waals surface area contributed by atoms with Crippen molar-refractivity contribution in [3.05, 3.63) is 68.0 Å². The van der Waals surface area contributed by atoms with Crippen molar-refractivity contribution < 1.29 is 9.53 Å². The second-order valence-corrected chi connectivity index (χ2v) is 6.71. The van der Waals surface area contributed by atoms with Crippen molar-refractivity contribution in [1.29, 1.82) is 0 Å². The summed E-state index contributed by atoms with van der Waals surface area (Å²) in [6, 6.07) is 8.40. The normalized spacial score (nSPS) is 12.0. The molecule has 1 unspecified atom stereocenters. The zero-order valence-corrected chi connectivity index (χ0v) is 16.4. The highest BCUT2D eigenvalue weighted by Gasteiger charge is 2.18. The van der Waals surface area contributed by atoms with E-state index in [1.54, 1.807) is 7.11 Å². The van der Waals surface area contributed by atoms with Crippen LogP contribution in [0.3, 0.4) is 0 Å². The monoisotopic (exact) mass is 382 g/mol. The van der Waals surface area contributed by atoms with Gasteiger partial charge in [0.1, 0.15) is 17.1 Å². The van der Waals surface area contributed by atoms with E-state index in [2.05, 4.69) is 10.3 Å². The van der Waals surface area contributed by atoms with E-state index in [1.807, 2.05) is 32.0 Å². The molecule has 3 aromatic rings. The number of benzene rings is 1. The highest BCUT2D eigenvalue weighted by molar-refractivity contribution is 5.94. The van der Waals surface area contributed by atoms with E-state index in [9.17, 15) is 14.4 Å². The first kappa shape index (κ1) is 19.3. The molecular formula is C20H22N4O4. The number of pyridine rings is 1. The summed E-state index contributed by atoms with van der Waals surface area (Å²) in [6.07, 6.45) is 0. The first-order valence-electron chi connectivity index (χ1n) is 8.76. The van der Waals surface area contributed by atoms with Crippen molar-refractivity contribution >= 4 is 16.9 Å². The number of aromatic nitrogens is 3. The summed E-state index contributed by atoms with van der Waals surface area (Å²) >= 11 is 0. The van der Waals surface area contributed by atoms with Crippen molar-refractivity contribution in [3.8, 4) is 5.75 Å². The number of aryl methyl sites for hydroxylation is 2. The number of rotatable bonds is 4. The number of carbonyl (C=O) groups is 1. The molecule has 0 aliphatic rings. The van der Waals surface area contributed by atoms with Gasteiger partial charge in [-0.25, -0.2) is 9.78 Å². The maximum Gasteiger partial charge on any atom is 0.332 e. The van der Waals surface area contributed by atoms with E-state index < -0.39 is 17.2 Å². The summed E-state index contributed by atoms with van der Waals surface area (Å²) in [4.78, 5) is 41.3. The Hall–Kier alpha value is -3.42. The molecule has 0 saturated heterocycles. The lowest BCUT2D eigenvalue weighted by atomic mass is 10.0. The summed E-state index contributed by atoms with van der Waals surface area (Å²) in [5.41, 5.74) is 1.23. The van der Waals surface area contributed by atoms with Gasteiger partial charge >= 0.3 is 5.69 Å². The zero-order valence-electron chi connectivity index (χ0n) is 16.4. The van der Waals surface area contributed by atoms with Gasteiger partial charge < -0.3 is 10.1 Å². The molecule has 0 aliphatic heterocycles. The largest absolute Gasteiger partial charge is 0.496 e. The van der Waals surface area contributed by atoms with Crippen LogP contribution in [0, 0.1) is 6.92 Å². The second kappa shape index (κ2) is 7.30. The molecule has 1 N–H and O–H groups in total. The lowest BCUT2D eigenvalue weighted by Gasteiger charge is -2.18. The van der Waals surface area contributed by atoms with Crippen molar-refractivity contribution in [2.45, 2.75) is 19.9 Å². The summed E-state index contributed by atoms with van der Waals surface area (Å²) in [5, 5.41) is 3.16. The van der Waals surface area contributed by atoms with Gasteiger partial charge in [-0.1, -0.05) is 17.7 Å². The summed E-state index contributed by atoms with van der Waals surface area (Å²) in [6.45, 7) is 3.81. The minimum atomic E-state index is -0.500. The van der Waals surface area contributed by atoms with Crippen LogP contribution in [-0.4, -0.2) is 27.1 Å². The molecule has 0 fully saturated rings. The highest BCUT2D eigenvalue weighted by Crippen LogP contribution is 2.26. The molecule has 1 aromatic carbocycles. The van der Waals surface area contributed by atoms with Crippen LogP contribution in [0.25, 0.3) is 11.0 Å². The number of carbonyl (C=O) groups excluding carboxylic acids is 1. The van der Waals surface area contributed by atoms with Crippen LogP contribution in [0.2, 0.25) is 0 Å². The maximum atomic E-state index is 12.7. The standard InChI is InChI=1S/C20H22N4O4/c1-11-6-9-16(28-5)14(10-11)12(2)21-18(25)15-8-7-13-17(22-15)23(3)20(27)24(4)19(13)26/h6-10,12H,1-5H3,(H,21,25). The average molecular weight is 382 g/mol. The Morgan fingerprint density at radius 2 is 1.86 bits per heavy atom. The second-order valence-electron chi connectivity index (χ2n) is 6.71. The topological polar surface area (TPSA) is 95.2 Å². The zero-order chi connectivity index (χ0) is 20.6. The number of amides is 1. The SMILES string of the molecule is COc1ccc(C)cc1C(C)NC(=O)c1ccc2c(=O)n(C)c(=O)n(C)c2n1. The van der Waals surface area contributed by atoms with Gasteiger partial charge in [0.2, 0.25) is 0 Å². The Balaban J connectivity index is 1.97. The molecular weight excluding hydrogens is 360 g/mol. The summed E-state index contributed by atoms with van der Waals surface area (Å²) < 4.78 is 7.64. The number of ether oxygens (including phenoxy) is 1. The minimum absolute atomic E-state index is 0.120. The third-order valence-corrected chi connectivity index (χ3v) is 4.73. The van der Waals surface area contributed by atoms with Crippen LogP contribution in [0.4, 0.5) is 0 Å². The van der Waals surface area contributed by atoms with Crippen LogP contribution in [-0.2, 0) is 14.1 Å². The molecule has 3 rings (SSSR count). The van der Waals surface area contributed by atoms with Gasteiger partial charge in [0.25, 0.3) is 11.5 Å². The summed E-state index contributed by atoms with van der Waals surface area (Å²) in [7, 11) is 4.50. The molecule has 146 valence electrons. The molecule has 1 amide bonds. The van der Waals surface area contributed by atoms with Crippen LogP contribution in [0.15, 0.2) is 39.9 Å². The molecule has 0 spiro atoms. The van der Waals surface area contributed by atoms with Gasteiger partial charge in [-0.15, -0.1) is 0 Å². The first-order valence-corrected chi connectivity index (χ1v) is 8.76. The predicted molar refractivity (Wildman–Crippen MR) is 106 cm³/mol. The fourth-order valence-corrected chi connectivity index (χ4v) is 3.12. The Morgan fingerprint density at radius 1 is 1.14 bits per heavy atom. The molecule has 8 nitrogen and oxygen atoms in total. The van der Waals surface area contributed by atoms with E-state index in [4.69, 9.17) is 4.74 Å². The van der Waals surface area contributed by atoms with Gasteiger partial charge in [-0.2, -0.15) is 0 Å². The van der Waals surface area contributed by atoms with Crippen molar-refractivity contribution in [2.24, 2.45) is 14.1 Å². The fraction of sp³-hybridized carbons (Fsp3) is 0.300. The molecule has 0 saturated carbocycles. The number of hydrogen-bond acceptors (Lipinski definition) is 5. The van der Waals surface area contributed by atoms with E-state index in [0.717, 1.165) is 15.7 Å². The van der Waals surface area contributed by atoms with Crippen molar-refractivity contribution in [1.82, 2.24) is 19.4 Å². The van der Waals surface area contributed by atoms with E-state index in [0.29, 0.717) is 5.75 Å². The van der Waals surface area contributed by atoms with Gasteiger partial charge in [-0.3, -0.25) is 18.7 Å². The minimum Gasteiger partial charge on any atom is -0.496 e. The lowest BCUT2D eigenvalue weighted by molar-refractivity contribution is 0.0934. The molecule has 2 heterocycles.